The number of ketones is 1. The van der Waals surface area contributed by atoms with Gasteiger partial charge in [0.25, 0.3) is 0 Å². The summed E-state index contributed by atoms with van der Waals surface area (Å²) in [7, 11) is 1.36. The number of methoxy groups -OCH3 is 1. The second-order valence-corrected chi connectivity index (χ2v) is 9.47. The highest BCUT2D eigenvalue weighted by atomic mass is 16.5. The molecule has 4 rings (SSSR count). The molecular formula is C28H34N4O5. The van der Waals surface area contributed by atoms with Gasteiger partial charge in [0.05, 0.1) is 30.7 Å². The number of ether oxygens (including phenoxy) is 1. The van der Waals surface area contributed by atoms with E-state index in [-0.39, 0.29) is 18.4 Å². The number of carbonyl (C=O) groups excluding carboxylic acids is 2. The lowest BCUT2D eigenvalue weighted by molar-refractivity contribution is -0.140. The molecule has 9 nitrogen and oxygen atoms in total. The number of anilines is 2. The van der Waals surface area contributed by atoms with Gasteiger partial charge in [-0.2, -0.15) is 0 Å². The first kappa shape index (κ1) is 26.5. The number of aryl methyl sites for hydroxylation is 1. The number of Topliss-reactive ketones (excluding diaryl/α,β-unsaturated/α-hetero) is 1. The molecule has 0 saturated heterocycles. The van der Waals surface area contributed by atoms with E-state index in [4.69, 9.17) is 9.51 Å². The van der Waals surface area contributed by atoms with Crippen LogP contribution in [0, 0.1) is 6.92 Å². The smallest absolute Gasteiger partial charge is 0.305 e. The molecule has 196 valence electrons. The highest BCUT2D eigenvalue weighted by Crippen LogP contribution is 2.39. The van der Waals surface area contributed by atoms with Crippen molar-refractivity contribution in [2.24, 2.45) is 0 Å². The molecule has 0 aliphatic heterocycles. The SMILES string of the molecule is COC(=O)CCCCC(=O)c1cccc(Nc2ncc(CO)c(-c3c(C4CCCCC4)noc3C)n2)c1. The van der Waals surface area contributed by atoms with Crippen molar-refractivity contribution in [3.63, 3.8) is 0 Å². The van der Waals surface area contributed by atoms with Crippen molar-refractivity contribution in [2.75, 3.05) is 12.4 Å². The number of nitrogens with one attached hydrogen (secondary N) is 1. The molecular weight excluding hydrogens is 472 g/mol. The van der Waals surface area contributed by atoms with Gasteiger partial charge in [-0.25, -0.2) is 9.97 Å². The van der Waals surface area contributed by atoms with Crippen LogP contribution >= 0.6 is 0 Å². The summed E-state index contributed by atoms with van der Waals surface area (Å²) >= 11 is 0. The van der Waals surface area contributed by atoms with Crippen molar-refractivity contribution in [1.82, 2.24) is 15.1 Å². The van der Waals surface area contributed by atoms with Crippen molar-refractivity contribution < 1.29 is 24.0 Å². The fraction of sp³-hybridized carbons (Fsp3) is 0.464. The number of unbranched alkanes of at least 4 members (excludes halogenated alkanes) is 1. The zero-order valence-corrected chi connectivity index (χ0v) is 21.5. The molecule has 37 heavy (non-hydrogen) atoms. The topological polar surface area (TPSA) is 127 Å². The normalized spacial score (nSPS) is 13.9. The van der Waals surface area contributed by atoms with E-state index in [1.165, 1.54) is 26.4 Å². The van der Waals surface area contributed by atoms with Crippen LogP contribution in [0.25, 0.3) is 11.3 Å². The predicted octanol–water partition coefficient (Wildman–Crippen LogP) is 5.64. The number of carbonyl (C=O) groups is 2. The van der Waals surface area contributed by atoms with Crippen molar-refractivity contribution in [2.45, 2.75) is 77.2 Å². The molecule has 1 aromatic carbocycles. The van der Waals surface area contributed by atoms with Crippen LogP contribution in [-0.4, -0.2) is 39.1 Å². The summed E-state index contributed by atoms with van der Waals surface area (Å²) in [5, 5.41) is 17.6. The van der Waals surface area contributed by atoms with E-state index in [0.717, 1.165) is 24.1 Å². The molecule has 0 radical (unpaired) electrons. The highest BCUT2D eigenvalue weighted by Gasteiger charge is 2.27. The lowest BCUT2D eigenvalue weighted by Crippen LogP contribution is -2.08. The molecule has 0 atom stereocenters. The maximum atomic E-state index is 12.7. The summed E-state index contributed by atoms with van der Waals surface area (Å²) < 4.78 is 10.2. The van der Waals surface area contributed by atoms with Crippen LogP contribution in [0.3, 0.4) is 0 Å². The third kappa shape index (κ3) is 6.60. The average Bonchev–Trinajstić information content (AvgIpc) is 3.32. The van der Waals surface area contributed by atoms with Gasteiger partial charge in [0.15, 0.2) is 5.78 Å². The van der Waals surface area contributed by atoms with Crippen LogP contribution in [-0.2, 0) is 16.1 Å². The van der Waals surface area contributed by atoms with Crippen LogP contribution in [0.1, 0.15) is 91.1 Å². The van der Waals surface area contributed by atoms with Crippen molar-refractivity contribution in [3.8, 4) is 11.3 Å². The fourth-order valence-corrected chi connectivity index (χ4v) is 4.83. The molecule has 0 amide bonds. The van der Waals surface area contributed by atoms with Gasteiger partial charge < -0.3 is 19.7 Å². The maximum Gasteiger partial charge on any atom is 0.305 e. The van der Waals surface area contributed by atoms with E-state index in [9.17, 15) is 14.7 Å². The standard InChI is InChI=1S/C28H34N4O5/c1-18-25(27(32-37-18)19-9-4-3-5-10-19)26-21(17-33)16-29-28(31-26)30-22-12-8-11-20(15-22)23(34)13-6-7-14-24(35)36-2/h8,11-12,15-16,19,33H,3-7,9-10,13-14,17H2,1-2H3,(H,29,30,31). The van der Waals surface area contributed by atoms with Gasteiger partial charge in [0.2, 0.25) is 5.95 Å². The minimum atomic E-state index is -0.266. The van der Waals surface area contributed by atoms with Gasteiger partial charge in [0.1, 0.15) is 5.76 Å². The third-order valence-corrected chi connectivity index (χ3v) is 6.86. The van der Waals surface area contributed by atoms with E-state index in [2.05, 4.69) is 20.2 Å². The average molecular weight is 507 g/mol. The van der Waals surface area contributed by atoms with Gasteiger partial charge in [-0.1, -0.05) is 36.6 Å². The largest absolute Gasteiger partial charge is 0.469 e. The van der Waals surface area contributed by atoms with Crippen LogP contribution in [0.15, 0.2) is 35.0 Å². The Morgan fingerprint density at radius 1 is 1.16 bits per heavy atom. The van der Waals surface area contributed by atoms with E-state index < -0.39 is 0 Å². The van der Waals surface area contributed by atoms with Gasteiger partial charge in [-0.3, -0.25) is 9.59 Å². The number of esters is 1. The van der Waals surface area contributed by atoms with E-state index >= 15 is 0 Å². The monoisotopic (exact) mass is 506 g/mol. The summed E-state index contributed by atoms with van der Waals surface area (Å²) in [4.78, 5) is 33.0. The number of rotatable bonds is 11. The Kier molecular flexibility index (Phi) is 9.00. The van der Waals surface area contributed by atoms with Gasteiger partial charge in [0, 0.05) is 41.8 Å². The molecule has 2 heterocycles. The van der Waals surface area contributed by atoms with Crippen LogP contribution in [0.2, 0.25) is 0 Å². The van der Waals surface area contributed by atoms with Crippen LogP contribution in [0.4, 0.5) is 11.6 Å². The van der Waals surface area contributed by atoms with E-state index in [0.29, 0.717) is 65.8 Å². The first-order chi connectivity index (χ1) is 18.0. The molecule has 9 heteroatoms. The number of hydrogen-bond acceptors (Lipinski definition) is 9. The minimum Gasteiger partial charge on any atom is -0.469 e. The van der Waals surface area contributed by atoms with E-state index in [1.54, 1.807) is 24.4 Å². The first-order valence-electron chi connectivity index (χ1n) is 12.9. The third-order valence-electron chi connectivity index (χ3n) is 6.86. The summed E-state index contributed by atoms with van der Waals surface area (Å²) in [6.45, 7) is 1.66. The van der Waals surface area contributed by atoms with Crippen molar-refractivity contribution in [1.29, 1.82) is 0 Å². The molecule has 0 unspecified atom stereocenters. The van der Waals surface area contributed by atoms with E-state index in [1.807, 2.05) is 13.0 Å². The lowest BCUT2D eigenvalue weighted by Gasteiger charge is -2.20. The van der Waals surface area contributed by atoms with Crippen molar-refractivity contribution in [3.05, 3.63) is 53.0 Å². The molecule has 2 N–H and O–H groups in total. The van der Waals surface area contributed by atoms with Gasteiger partial charge in [-0.05, 0) is 44.7 Å². The Hall–Kier alpha value is -3.59. The summed E-state index contributed by atoms with van der Waals surface area (Å²) in [5.74, 6) is 1.07. The molecule has 3 aromatic rings. The first-order valence-corrected chi connectivity index (χ1v) is 12.9. The number of benzene rings is 1. The predicted molar refractivity (Wildman–Crippen MR) is 139 cm³/mol. The Balaban J connectivity index is 1.52. The molecule has 2 aromatic heterocycles. The Morgan fingerprint density at radius 2 is 1.95 bits per heavy atom. The zero-order valence-electron chi connectivity index (χ0n) is 21.5. The zero-order chi connectivity index (χ0) is 26.2. The van der Waals surface area contributed by atoms with Gasteiger partial charge >= 0.3 is 5.97 Å². The molecule has 1 fully saturated rings. The summed E-state index contributed by atoms with van der Waals surface area (Å²) in [6, 6.07) is 7.18. The number of aliphatic hydroxyl groups is 1. The fourth-order valence-electron chi connectivity index (χ4n) is 4.83. The Bertz CT molecular complexity index is 1230. The number of nitrogens with zero attached hydrogens (tertiary/aromatic N) is 3. The number of aromatic nitrogens is 3. The Labute approximate surface area is 216 Å². The number of hydrogen-bond donors (Lipinski definition) is 2. The van der Waals surface area contributed by atoms with Crippen LogP contribution in [0.5, 0.6) is 0 Å². The quantitative estimate of drug-likeness (QED) is 0.193. The molecule has 0 spiro atoms. The minimum absolute atomic E-state index is 0.00275. The number of aliphatic hydroxyl groups excluding tert-OH is 1. The second kappa shape index (κ2) is 12.6. The van der Waals surface area contributed by atoms with Gasteiger partial charge in [-0.15, -0.1) is 0 Å². The summed E-state index contributed by atoms with van der Waals surface area (Å²) in [6.07, 6.45) is 9.18. The highest BCUT2D eigenvalue weighted by molar-refractivity contribution is 5.97. The molecule has 1 aliphatic rings. The molecule has 0 bridgehead atoms. The second-order valence-electron chi connectivity index (χ2n) is 9.47. The summed E-state index contributed by atoms with van der Waals surface area (Å²) in [5.41, 5.74) is 4.19. The molecule has 1 aliphatic carbocycles. The maximum absolute atomic E-state index is 12.7. The Morgan fingerprint density at radius 3 is 2.70 bits per heavy atom. The molecule has 1 saturated carbocycles. The van der Waals surface area contributed by atoms with Crippen molar-refractivity contribution >= 4 is 23.4 Å². The van der Waals surface area contributed by atoms with Crippen LogP contribution < -0.4 is 5.32 Å². The lowest BCUT2D eigenvalue weighted by atomic mass is 9.84.